The van der Waals surface area contributed by atoms with Crippen LogP contribution >= 0.6 is 0 Å². The van der Waals surface area contributed by atoms with Crippen molar-refractivity contribution in [1.29, 1.82) is 0 Å². The molecule has 0 saturated heterocycles. The SMILES string of the molecule is O=C(NC1C=CCCC1)c1ccc(C(=O)NC2CCCCC2)cc1. The molecule has 128 valence electrons. The molecule has 1 aromatic rings. The van der Waals surface area contributed by atoms with E-state index in [0.717, 1.165) is 32.1 Å². The summed E-state index contributed by atoms with van der Waals surface area (Å²) in [5, 5.41) is 6.12. The van der Waals surface area contributed by atoms with Crippen molar-refractivity contribution in [1.82, 2.24) is 10.6 Å². The van der Waals surface area contributed by atoms with E-state index in [0.29, 0.717) is 17.2 Å². The van der Waals surface area contributed by atoms with Crippen LogP contribution in [0.15, 0.2) is 36.4 Å². The molecule has 2 aliphatic carbocycles. The van der Waals surface area contributed by atoms with E-state index in [1.165, 1.54) is 19.3 Å². The fourth-order valence-corrected chi connectivity index (χ4v) is 3.47. The van der Waals surface area contributed by atoms with Crippen molar-refractivity contribution in [2.45, 2.75) is 63.5 Å². The van der Waals surface area contributed by atoms with E-state index < -0.39 is 0 Å². The Morgan fingerprint density at radius 1 is 0.792 bits per heavy atom. The number of benzene rings is 1. The third-order valence-corrected chi connectivity index (χ3v) is 4.92. The molecule has 0 bridgehead atoms. The van der Waals surface area contributed by atoms with Gasteiger partial charge in [0.05, 0.1) is 0 Å². The summed E-state index contributed by atoms with van der Waals surface area (Å²) in [6, 6.07) is 7.37. The van der Waals surface area contributed by atoms with Crippen LogP contribution < -0.4 is 10.6 Å². The number of carbonyl (C=O) groups is 2. The maximum absolute atomic E-state index is 12.3. The highest BCUT2D eigenvalue weighted by molar-refractivity contribution is 5.98. The average Bonchev–Trinajstić information content (AvgIpc) is 2.63. The van der Waals surface area contributed by atoms with Crippen LogP contribution in [-0.4, -0.2) is 23.9 Å². The van der Waals surface area contributed by atoms with Gasteiger partial charge in [-0.3, -0.25) is 9.59 Å². The normalized spacial score (nSPS) is 21.2. The Kier molecular flexibility index (Phi) is 5.68. The quantitative estimate of drug-likeness (QED) is 0.831. The fraction of sp³-hybridized carbons (Fsp3) is 0.500. The first-order valence-electron chi connectivity index (χ1n) is 9.11. The van der Waals surface area contributed by atoms with Crippen LogP contribution in [0.2, 0.25) is 0 Å². The van der Waals surface area contributed by atoms with Gasteiger partial charge in [0.25, 0.3) is 11.8 Å². The molecule has 4 nitrogen and oxygen atoms in total. The molecule has 0 heterocycles. The molecule has 0 aliphatic heterocycles. The van der Waals surface area contributed by atoms with Gasteiger partial charge in [-0.2, -0.15) is 0 Å². The Bertz CT molecular complexity index is 601. The minimum absolute atomic E-state index is 0.0379. The summed E-state index contributed by atoms with van der Waals surface area (Å²) in [6.07, 6.45) is 13.2. The molecule has 2 N–H and O–H groups in total. The van der Waals surface area contributed by atoms with Crippen molar-refractivity contribution >= 4 is 11.8 Å². The predicted molar refractivity (Wildman–Crippen MR) is 95.0 cm³/mol. The molecule has 4 heteroatoms. The highest BCUT2D eigenvalue weighted by Gasteiger charge is 2.17. The Balaban J connectivity index is 1.55. The second-order valence-corrected chi connectivity index (χ2v) is 6.82. The van der Waals surface area contributed by atoms with Gasteiger partial charge in [0.2, 0.25) is 0 Å². The highest BCUT2D eigenvalue weighted by Crippen LogP contribution is 2.18. The molecule has 0 spiro atoms. The van der Waals surface area contributed by atoms with Gasteiger partial charge in [-0.15, -0.1) is 0 Å². The Labute approximate surface area is 143 Å². The second-order valence-electron chi connectivity index (χ2n) is 6.82. The summed E-state index contributed by atoms with van der Waals surface area (Å²) in [4.78, 5) is 24.6. The zero-order valence-electron chi connectivity index (χ0n) is 14.1. The lowest BCUT2D eigenvalue weighted by molar-refractivity contribution is 0.0920. The third-order valence-electron chi connectivity index (χ3n) is 4.92. The lowest BCUT2D eigenvalue weighted by Crippen LogP contribution is -2.36. The van der Waals surface area contributed by atoms with Crippen molar-refractivity contribution in [3.8, 4) is 0 Å². The molecule has 1 fully saturated rings. The third kappa shape index (κ3) is 4.47. The summed E-state index contributed by atoms with van der Waals surface area (Å²) in [5.41, 5.74) is 1.22. The standard InChI is InChI=1S/C20H26N2O2/c23-19(21-17-7-3-1-4-8-17)15-11-13-16(14-12-15)20(24)22-18-9-5-2-6-10-18/h3,7,11-14,17-18H,1-2,4-6,8-10H2,(H,21,23)(H,22,24). The van der Waals surface area contributed by atoms with Crippen molar-refractivity contribution < 1.29 is 9.59 Å². The number of carbonyl (C=O) groups excluding carboxylic acids is 2. The van der Waals surface area contributed by atoms with Gasteiger partial charge in [0.1, 0.15) is 0 Å². The van der Waals surface area contributed by atoms with Gasteiger partial charge in [0.15, 0.2) is 0 Å². The lowest BCUT2D eigenvalue weighted by Gasteiger charge is -2.22. The molecule has 3 rings (SSSR count). The molecule has 1 saturated carbocycles. The number of amides is 2. The molecule has 1 aromatic carbocycles. The van der Waals surface area contributed by atoms with E-state index in [2.05, 4.69) is 22.8 Å². The fourth-order valence-electron chi connectivity index (χ4n) is 3.47. The van der Waals surface area contributed by atoms with E-state index in [-0.39, 0.29) is 17.9 Å². The topological polar surface area (TPSA) is 58.2 Å². The smallest absolute Gasteiger partial charge is 0.251 e. The molecule has 2 aliphatic rings. The largest absolute Gasteiger partial charge is 0.349 e. The molecule has 1 unspecified atom stereocenters. The number of rotatable bonds is 4. The number of allylic oxidation sites excluding steroid dienone is 1. The Morgan fingerprint density at radius 2 is 1.42 bits per heavy atom. The molecule has 1 atom stereocenters. The van der Waals surface area contributed by atoms with Crippen molar-refractivity contribution in [2.75, 3.05) is 0 Å². The van der Waals surface area contributed by atoms with Crippen LogP contribution in [0.3, 0.4) is 0 Å². The Morgan fingerprint density at radius 3 is 2.00 bits per heavy atom. The van der Waals surface area contributed by atoms with E-state index in [1.54, 1.807) is 24.3 Å². The second kappa shape index (κ2) is 8.13. The van der Waals surface area contributed by atoms with Gasteiger partial charge in [-0.25, -0.2) is 0 Å². The first kappa shape index (κ1) is 16.7. The first-order valence-corrected chi connectivity index (χ1v) is 9.11. The van der Waals surface area contributed by atoms with Gasteiger partial charge in [-0.05, 0) is 56.4 Å². The van der Waals surface area contributed by atoms with E-state index in [4.69, 9.17) is 0 Å². The molecule has 0 radical (unpaired) electrons. The average molecular weight is 326 g/mol. The predicted octanol–water partition coefficient (Wildman–Crippen LogP) is 3.59. The van der Waals surface area contributed by atoms with Crippen molar-refractivity contribution in [3.05, 3.63) is 47.5 Å². The molecular weight excluding hydrogens is 300 g/mol. The van der Waals surface area contributed by atoms with E-state index >= 15 is 0 Å². The lowest BCUT2D eigenvalue weighted by atomic mass is 9.95. The first-order chi connectivity index (χ1) is 11.7. The van der Waals surface area contributed by atoms with Crippen LogP contribution in [-0.2, 0) is 0 Å². The molecule has 0 aromatic heterocycles. The van der Waals surface area contributed by atoms with E-state index in [1.807, 2.05) is 0 Å². The summed E-state index contributed by atoms with van der Waals surface area (Å²) >= 11 is 0. The van der Waals surface area contributed by atoms with Crippen molar-refractivity contribution in [3.63, 3.8) is 0 Å². The summed E-state index contributed by atoms with van der Waals surface area (Å²) in [5.74, 6) is -0.116. The summed E-state index contributed by atoms with van der Waals surface area (Å²) in [7, 11) is 0. The van der Waals surface area contributed by atoms with Crippen molar-refractivity contribution in [2.24, 2.45) is 0 Å². The zero-order valence-corrected chi connectivity index (χ0v) is 14.1. The van der Waals surface area contributed by atoms with E-state index in [9.17, 15) is 9.59 Å². The number of nitrogens with one attached hydrogen (secondary N) is 2. The van der Waals surface area contributed by atoms with Gasteiger partial charge >= 0.3 is 0 Å². The summed E-state index contributed by atoms with van der Waals surface area (Å²) in [6.45, 7) is 0. The van der Waals surface area contributed by atoms with Crippen LogP contribution in [0.5, 0.6) is 0 Å². The van der Waals surface area contributed by atoms with Crippen LogP contribution in [0, 0.1) is 0 Å². The van der Waals surface area contributed by atoms with Crippen LogP contribution in [0.25, 0.3) is 0 Å². The molecule has 2 amide bonds. The number of hydrogen-bond acceptors (Lipinski definition) is 2. The van der Waals surface area contributed by atoms with Crippen LogP contribution in [0.4, 0.5) is 0 Å². The van der Waals surface area contributed by atoms with Gasteiger partial charge in [0, 0.05) is 23.2 Å². The summed E-state index contributed by atoms with van der Waals surface area (Å²) < 4.78 is 0. The molecular formula is C20H26N2O2. The molecule has 24 heavy (non-hydrogen) atoms. The van der Waals surface area contributed by atoms with Crippen LogP contribution in [0.1, 0.15) is 72.1 Å². The number of hydrogen-bond donors (Lipinski definition) is 2. The zero-order chi connectivity index (χ0) is 16.8. The van der Waals surface area contributed by atoms with Gasteiger partial charge in [-0.1, -0.05) is 31.4 Å². The Hall–Kier alpha value is -2.10. The highest BCUT2D eigenvalue weighted by atomic mass is 16.2. The maximum Gasteiger partial charge on any atom is 0.251 e. The minimum Gasteiger partial charge on any atom is -0.349 e. The monoisotopic (exact) mass is 326 g/mol. The van der Waals surface area contributed by atoms with Gasteiger partial charge < -0.3 is 10.6 Å². The minimum atomic E-state index is -0.0780. The maximum atomic E-state index is 12.3.